The third-order valence-electron chi connectivity index (χ3n) is 4.45. The summed E-state index contributed by atoms with van der Waals surface area (Å²) >= 11 is 0. The van der Waals surface area contributed by atoms with E-state index >= 15 is 0 Å². The van der Waals surface area contributed by atoms with E-state index in [9.17, 15) is 4.79 Å². The summed E-state index contributed by atoms with van der Waals surface area (Å²) in [4.78, 5) is 18.5. The molecule has 1 aliphatic heterocycles. The molecule has 8 heteroatoms. The lowest BCUT2D eigenvalue weighted by Gasteiger charge is -2.30. The van der Waals surface area contributed by atoms with Gasteiger partial charge < -0.3 is 15.0 Å². The second-order valence-electron chi connectivity index (χ2n) is 6.69. The fourth-order valence-electron chi connectivity index (χ4n) is 2.86. The van der Waals surface area contributed by atoms with Gasteiger partial charge in [0.25, 0.3) is 0 Å². The lowest BCUT2D eigenvalue weighted by Crippen LogP contribution is -2.51. The number of hydrogen-bond donors (Lipinski definition) is 2. The number of nitrogens with one attached hydrogen (secondary N) is 2. The SMILES string of the molecule is CC(C)c1ccc(C(NC(=O)N2CCNCC2)Oc2cccnc2)cc1.Cl.Cl. The fourth-order valence-corrected chi connectivity index (χ4v) is 2.86. The van der Waals surface area contributed by atoms with Crippen LogP contribution in [0, 0.1) is 0 Å². The number of rotatable bonds is 5. The highest BCUT2D eigenvalue weighted by molar-refractivity contribution is 5.85. The number of halogens is 2. The number of nitrogens with zero attached hydrogens (tertiary/aromatic N) is 2. The summed E-state index contributed by atoms with van der Waals surface area (Å²) in [6.07, 6.45) is 2.77. The van der Waals surface area contributed by atoms with Crippen LogP contribution in [0.3, 0.4) is 0 Å². The number of aromatic nitrogens is 1. The van der Waals surface area contributed by atoms with E-state index in [4.69, 9.17) is 4.74 Å². The Labute approximate surface area is 178 Å². The molecule has 0 aliphatic carbocycles. The van der Waals surface area contributed by atoms with E-state index in [0.717, 1.165) is 18.7 Å². The summed E-state index contributed by atoms with van der Waals surface area (Å²) in [5.41, 5.74) is 2.16. The van der Waals surface area contributed by atoms with Crippen LogP contribution in [0.15, 0.2) is 48.8 Å². The van der Waals surface area contributed by atoms with Crippen molar-refractivity contribution in [3.8, 4) is 5.75 Å². The largest absolute Gasteiger partial charge is 0.465 e. The van der Waals surface area contributed by atoms with Gasteiger partial charge in [0.15, 0.2) is 6.23 Å². The average molecular weight is 427 g/mol. The molecule has 3 rings (SSSR count). The minimum absolute atomic E-state index is 0. The van der Waals surface area contributed by atoms with Crippen LogP contribution in [0.5, 0.6) is 5.75 Å². The smallest absolute Gasteiger partial charge is 0.320 e. The second-order valence-corrected chi connectivity index (χ2v) is 6.69. The van der Waals surface area contributed by atoms with Crippen LogP contribution in [0.1, 0.15) is 37.1 Å². The Morgan fingerprint density at radius 1 is 1.11 bits per heavy atom. The molecule has 28 heavy (non-hydrogen) atoms. The van der Waals surface area contributed by atoms with Gasteiger partial charge in [0.05, 0.1) is 6.20 Å². The molecule has 2 aromatic rings. The molecule has 2 N–H and O–H groups in total. The van der Waals surface area contributed by atoms with Gasteiger partial charge in [-0.05, 0) is 23.6 Å². The minimum Gasteiger partial charge on any atom is -0.465 e. The maximum Gasteiger partial charge on any atom is 0.320 e. The van der Waals surface area contributed by atoms with Gasteiger partial charge in [-0.3, -0.25) is 10.3 Å². The van der Waals surface area contributed by atoms with E-state index in [1.807, 2.05) is 24.3 Å². The topological polar surface area (TPSA) is 66.5 Å². The minimum atomic E-state index is -0.567. The first-order chi connectivity index (χ1) is 12.6. The lowest BCUT2D eigenvalue weighted by atomic mass is 10.0. The Hall–Kier alpha value is -2.02. The van der Waals surface area contributed by atoms with Gasteiger partial charge in [-0.25, -0.2) is 4.79 Å². The third kappa shape index (κ3) is 6.55. The van der Waals surface area contributed by atoms with Gasteiger partial charge in [-0.1, -0.05) is 38.1 Å². The molecule has 0 spiro atoms. The Morgan fingerprint density at radius 2 is 1.75 bits per heavy atom. The van der Waals surface area contributed by atoms with Gasteiger partial charge in [0.1, 0.15) is 5.75 Å². The van der Waals surface area contributed by atoms with E-state index in [1.54, 1.807) is 17.3 Å². The summed E-state index contributed by atoms with van der Waals surface area (Å²) in [5.74, 6) is 1.07. The quantitative estimate of drug-likeness (QED) is 0.714. The van der Waals surface area contributed by atoms with Crippen LogP contribution in [0.25, 0.3) is 0 Å². The van der Waals surface area contributed by atoms with Gasteiger partial charge in [-0.15, -0.1) is 24.8 Å². The molecule has 1 unspecified atom stereocenters. The van der Waals surface area contributed by atoms with Crippen molar-refractivity contribution >= 4 is 30.8 Å². The summed E-state index contributed by atoms with van der Waals surface area (Å²) in [6, 6.07) is 11.7. The predicted molar refractivity (Wildman–Crippen MR) is 116 cm³/mol. The third-order valence-corrected chi connectivity index (χ3v) is 4.45. The molecule has 1 fully saturated rings. The van der Waals surface area contributed by atoms with Crippen LogP contribution in [0.4, 0.5) is 4.79 Å². The van der Waals surface area contributed by atoms with Gasteiger partial charge in [-0.2, -0.15) is 0 Å². The molecule has 1 aromatic carbocycles. The van der Waals surface area contributed by atoms with Crippen molar-refractivity contribution in [1.82, 2.24) is 20.5 Å². The molecule has 2 heterocycles. The molecule has 6 nitrogen and oxygen atoms in total. The number of pyridine rings is 1. The van der Waals surface area contributed by atoms with Crippen LogP contribution >= 0.6 is 24.8 Å². The highest BCUT2D eigenvalue weighted by Gasteiger charge is 2.22. The number of piperazine rings is 1. The summed E-state index contributed by atoms with van der Waals surface area (Å²) < 4.78 is 6.03. The van der Waals surface area contributed by atoms with E-state index in [2.05, 4.69) is 41.6 Å². The van der Waals surface area contributed by atoms with Crippen molar-refractivity contribution in [2.75, 3.05) is 26.2 Å². The number of benzene rings is 1. The zero-order valence-corrected chi connectivity index (χ0v) is 17.8. The molecular formula is C20H28Cl2N4O2. The van der Waals surface area contributed by atoms with Crippen LogP contribution in [-0.4, -0.2) is 42.1 Å². The van der Waals surface area contributed by atoms with E-state index in [0.29, 0.717) is 24.8 Å². The molecule has 1 saturated heterocycles. The number of ether oxygens (including phenoxy) is 1. The first-order valence-electron chi connectivity index (χ1n) is 9.06. The highest BCUT2D eigenvalue weighted by atomic mass is 35.5. The summed E-state index contributed by atoms with van der Waals surface area (Å²) in [7, 11) is 0. The van der Waals surface area contributed by atoms with Gasteiger partial charge in [0, 0.05) is 37.9 Å². The second kappa shape index (κ2) is 11.7. The molecule has 2 amide bonds. The molecule has 0 saturated carbocycles. The molecule has 1 aliphatic rings. The Bertz CT molecular complexity index is 708. The first kappa shape index (κ1) is 24.0. The van der Waals surface area contributed by atoms with Crippen molar-refractivity contribution in [2.24, 2.45) is 0 Å². The van der Waals surface area contributed by atoms with E-state index < -0.39 is 6.23 Å². The Balaban J connectivity index is 0.00000196. The van der Waals surface area contributed by atoms with Gasteiger partial charge in [0.2, 0.25) is 0 Å². The lowest BCUT2D eigenvalue weighted by molar-refractivity contribution is 0.139. The van der Waals surface area contributed by atoms with Crippen molar-refractivity contribution in [2.45, 2.75) is 26.0 Å². The van der Waals surface area contributed by atoms with Crippen molar-refractivity contribution in [3.05, 3.63) is 59.9 Å². The van der Waals surface area contributed by atoms with Crippen LogP contribution < -0.4 is 15.4 Å². The van der Waals surface area contributed by atoms with Crippen molar-refractivity contribution in [1.29, 1.82) is 0 Å². The molecule has 154 valence electrons. The van der Waals surface area contributed by atoms with Crippen molar-refractivity contribution in [3.63, 3.8) is 0 Å². The van der Waals surface area contributed by atoms with Gasteiger partial charge >= 0.3 is 6.03 Å². The highest BCUT2D eigenvalue weighted by Crippen LogP contribution is 2.22. The summed E-state index contributed by atoms with van der Waals surface area (Å²) in [6.45, 7) is 7.32. The van der Waals surface area contributed by atoms with E-state index in [1.165, 1.54) is 5.56 Å². The van der Waals surface area contributed by atoms with Crippen molar-refractivity contribution < 1.29 is 9.53 Å². The number of carbonyl (C=O) groups is 1. The van der Waals surface area contributed by atoms with E-state index in [-0.39, 0.29) is 30.8 Å². The van der Waals surface area contributed by atoms with Crippen LogP contribution in [-0.2, 0) is 0 Å². The van der Waals surface area contributed by atoms with Crippen LogP contribution in [0.2, 0.25) is 0 Å². The molecule has 0 bridgehead atoms. The molecule has 1 aromatic heterocycles. The number of amides is 2. The monoisotopic (exact) mass is 426 g/mol. The molecule has 0 radical (unpaired) electrons. The summed E-state index contributed by atoms with van der Waals surface area (Å²) in [5, 5.41) is 6.26. The number of urea groups is 1. The molecular weight excluding hydrogens is 399 g/mol. The Kier molecular flexibility index (Phi) is 10.1. The normalized spacial score (nSPS) is 14.5. The number of carbonyl (C=O) groups excluding carboxylic acids is 1. The molecule has 1 atom stereocenters. The average Bonchev–Trinajstić information content (AvgIpc) is 2.69. The fraction of sp³-hybridized carbons (Fsp3) is 0.400. The Morgan fingerprint density at radius 3 is 2.32 bits per heavy atom. The zero-order valence-electron chi connectivity index (χ0n) is 16.1. The standard InChI is InChI=1S/C20H26N4O2.2ClH/c1-15(2)16-5-7-17(8-6-16)19(26-18-4-3-9-22-14-18)23-20(25)24-12-10-21-11-13-24;;/h3-9,14-15,19,21H,10-13H2,1-2H3,(H,23,25);2*1H. The zero-order chi connectivity index (χ0) is 18.4. The first-order valence-corrected chi connectivity index (χ1v) is 9.06. The maximum atomic E-state index is 12.6. The maximum absolute atomic E-state index is 12.6. The number of hydrogen-bond acceptors (Lipinski definition) is 4. The predicted octanol–water partition coefficient (Wildman–Crippen LogP) is 3.74.